The third-order valence-corrected chi connectivity index (χ3v) is 4.56. The Balaban J connectivity index is 1.60. The second-order valence-corrected chi connectivity index (χ2v) is 6.38. The van der Waals surface area contributed by atoms with E-state index in [4.69, 9.17) is 4.74 Å². The Labute approximate surface area is 151 Å². The maximum Gasteiger partial charge on any atom is 0.257 e. The summed E-state index contributed by atoms with van der Waals surface area (Å²) in [5.74, 6) is -0.368. The van der Waals surface area contributed by atoms with Crippen molar-refractivity contribution < 1.29 is 18.7 Å². The lowest BCUT2D eigenvalue weighted by atomic mass is 10.1. The Morgan fingerprint density at radius 2 is 1.81 bits per heavy atom. The van der Waals surface area contributed by atoms with Gasteiger partial charge in [0, 0.05) is 45.6 Å². The Morgan fingerprint density at radius 1 is 1.12 bits per heavy atom. The van der Waals surface area contributed by atoms with Crippen LogP contribution in [-0.2, 0) is 18.3 Å². The molecule has 6 nitrogen and oxygen atoms in total. The molecule has 7 heteroatoms. The molecule has 0 saturated carbocycles. The van der Waals surface area contributed by atoms with Gasteiger partial charge in [0.05, 0.1) is 19.1 Å². The number of hydrogen-bond acceptors (Lipinski definition) is 3. The number of aryl methyl sites for hydroxylation is 1. The smallest absolute Gasteiger partial charge is 0.257 e. The van der Waals surface area contributed by atoms with Gasteiger partial charge < -0.3 is 19.1 Å². The predicted molar refractivity (Wildman–Crippen MR) is 94.6 cm³/mol. The van der Waals surface area contributed by atoms with Gasteiger partial charge >= 0.3 is 0 Å². The maximum absolute atomic E-state index is 13.5. The van der Waals surface area contributed by atoms with Crippen molar-refractivity contribution in [3.8, 4) is 5.75 Å². The van der Waals surface area contributed by atoms with E-state index < -0.39 is 5.82 Å². The van der Waals surface area contributed by atoms with Gasteiger partial charge in [-0.1, -0.05) is 0 Å². The van der Waals surface area contributed by atoms with E-state index in [-0.39, 0.29) is 17.4 Å². The quantitative estimate of drug-likeness (QED) is 0.835. The fourth-order valence-electron chi connectivity index (χ4n) is 3.13. The van der Waals surface area contributed by atoms with Crippen LogP contribution in [0.5, 0.6) is 5.75 Å². The second kappa shape index (κ2) is 7.59. The minimum Gasteiger partial charge on any atom is -0.496 e. The Kier molecular flexibility index (Phi) is 5.25. The Morgan fingerprint density at radius 3 is 2.42 bits per heavy atom. The molecular formula is C19H22FN3O3. The van der Waals surface area contributed by atoms with E-state index in [1.54, 1.807) is 9.80 Å². The first-order valence-corrected chi connectivity index (χ1v) is 8.49. The summed E-state index contributed by atoms with van der Waals surface area (Å²) in [7, 11) is 3.36. The monoisotopic (exact) mass is 359 g/mol. The summed E-state index contributed by atoms with van der Waals surface area (Å²) in [6.45, 7) is 1.77. The summed E-state index contributed by atoms with van der Waals surface area (Å²) < 4.78 is 20.6. The molecule has 1 aliphatic heterocycles. The van der Waals surface area contributed by atoms with Gasteiger partial charge in [0.15, 0.2) is 0 Å². The lowest BCUT2D eigenvalue weighted by Crippen LogP contribution is -2.51. The third kappa shape index (κ3) is 3.87. The molecule has 0 aliphatic carbocycles. The van der Waals surface area contributed by atoms with E-state index in [1.165, 1.54) is 25.3 Å². The number of halogens is 1. The highest BCUT2D eigenvalue weighted by molar-refractivity contribution is 5.97. The van der Waals surface area contributed by atoms with Gasteiger partial charge in [0.25, 0.3) is 5.91 Å². The summed E-state index contributed by atoms with van der Waals surface area (Å²) in [5, 5.41) is 0. The van der Waals surface area contributed by atoms with Gasteiger partial charge in [0.1, 0.15) is 11.6 Å². The fourth-order valence-corrected chi connectivity index (χ4v) is 3.13. The minimum absolute atomic E-state index is 0.0478. The first-order chi connectivity index (χ1) is 12.5. The number of benzene rings is 1. The van der Waals surface area contributed by atoms with Crippen molar-refractivity contribution >= 4 is 11.8 Å². The van der Waals surface area contributed by atoms with Gasteiger partial charge in [-0.05, 0) is 29.8 Å². The summed E-state index contributed by atoms with van der Waals surface area (Å²) in [6, 6.07) is 5.82. The molecule has 2 amide bonds. The largest absolute Gasteiger partial charge is 0.496 e. The predicted octanol–water partition coefficient (Wildman–Crippen LogP) is 1.70. The van der Waals surface area contributed by atoms with E-state index in [2.05, 4.69) is 0 Å². The van der Waals surface area contributed by atoms with Gasteiger partial charge in [0.2, 0.25) is 5.91 Å². The molecule has 1 aromatic heterocycles. The van der Waals surface area contributed by atoms with Crippen LogP contribution in [0.1, 0.15) is 15.9 Å². The van der Waals surface area contributed by atoms with E-state index in [1.807, 2.05) is 30.1 Å². The SMILES string of the molecule is COc1ccc(F)cc1C(=O)N1CCN(C(=O)Cc2ccn(C)c2)CC1. The van der Waals surface area contributed by atoms with Crippen LogP contribution in [0.25, 0.3) is 0 Å². The summed E-state index contributed by atoms with van der Waals surface area (Å²) >= 11 is 0. The third-order valence-electron chi connectivity index (χ3n) is 4.56. The molecule has 0 unspecified atom stereocenters. The lowest BCUT2D eigenvalue weighted by Gasteiger charge is -2.35. The molecule has 2 heterocycles. The molecule has 1 fully saturated rings. The molecule has 3 rings (SSSR count). The number of rotatable bonds is 4. The first kappa shape index (κ1) is 18.0. The molecule has 1 aromatic carbocycles. The van der Waals surface area contributed by atoms with Gasteiger partial charge in [-0.3, -0.25) is 9.59 Å². The molecule has 26 heavy (non-hydrogen) atoms. The van der Waals surface area contributed by atoms with Crippen molar-refractivity contribution in [2.45, 2.75) is 6.42 Å². The number of ether oxygens (including phenoxy) is 1. The zero-order valence-electron chi connectivity index (χ0n) is 14.9. The summed E-state index contributed by atoms with van der Waals surface area (Å²) in [5.41, 5.74) is 1.18. The number of carbonyl (C=O) groups is 2. The van der Waals surface area contributed by atoms with Crippen LogP contribution >= 0.6 is 0 Å². The van der Waals surface area contributed by atoms with Crippen molar-refractivity contribution in [3.05, 3.63) is 53.6 Å². The lowest BCUT2D eigenvalue weighted by molar-refractivity contribution is -0.131. The maximum atomic E-state index is 13.5. The zero-order valence-corrected chi connectivity index (χ0v) is 14.9. The van der Waals surface area contributed by atoms with E-state index in [0.29, 0.717) is 38.3 Å². The topological polar surface area (TPSA) is 54.8 Å². The minimum atomic E-state index is -0.481. The highest BCUT2D eigenvalue weighted by Gasteiger charge is 2.26. The number of methoxy groups -OCH3 is 1. The molecule has 0 bridgehead atoms. The summed E-state index contributed by atoms with van der Waals surface area (Å²) in [6.07, 6.45) is 4.19. The summed E-state index contributed by atoms with van der Waals surface area (Å²) in [4.78, 5) is 28.5. The molecule has 138 valence electrons. The zero-order chi connectivity index (χ0) is 18.7. The van der Waals surface area contributed by atoms with Crippen LogP contribution in [0, 0.1) is 5.82 Å². The number of piperazine rings is 1. The van der Waals surface area contributed by atoms with Crippen molar-refractivity contribution in [1.82, 2.24) is 14.4 Å². The number of nitrogens with zero attached hydrogens (tertiary/aromatic N) is 3. The second-order valence-electron chi connectivity index (χ2n) is 6.38. The van der Waals surface area contributed by atoms with Crippen molar-refractivity contribution in [2.75, 3.05) is 33.3 Å². The number of aromatic nitrogens is 1. The average Bonchev–Trinajstić information content (AvgIpc) is 3.06. The fraction of sp³-hybridized carbons (Fsp3) is 0.368. The van der Waals surface area contributed by atoms with E-state index in [0.717, 1.165) is 5.56 Å². The normalized spacial score (nSPS) is 14.4. The molecule has 2 aromatic rings. The van der Waals surface area contributed by atoms with Crippen LogP contribution in [-0.4, -0.2) is 59.5 Å². The van der Waals surface area contributed by atoms with Gasteiger partial charge in [-0.2, -0.15) is 0 Å². The number of amides is 2. The Hall–Kier alpha value is -2.83. The van der Waals surface area contributed by atoms with Gasteiger partial charge in [-0.15, -0.1) is 0 Å². The molecule has 0 spiro atoms. The molecular weight excluding hydrogens is 337 g/mol. The molecule has 1 saturated heterocycles. The van der Waals surface area contributed by atoms with Crippen LogP contribution in [0.15, 0.2) is 36.7 Å². The molecule has 0 N–H and O–H groups in total. The van der Waals surface area contributed by atoms with Crippen LogP contribution < -0.4 is 4.74 Å². The molecule has 0 radical (unpaired) electrons. The van der Waals surface area contributed by atoms with Crippen LogP contribution in [0.2, 0.25) is 0 Å². The Bertz CT molecular complexity index is 810. The van der Waals surface area contributed by atoms with E-state index in [9.17, 15) is 14.0 Å². The standard InChI is InChI=1S/C19H22FN3O3/c1-21-6-5-14(13-21)11-18(24)22-7-9-23(10-8-22)19(25)16-12-15(20)3-4-17(16)26-2/h3-6,12-13H,7-11H2,1-2H3. The van der Waals surface area contributed by atoms with Crippen LogP contribution in [0.4, 0.5) is 4.39 Å². The highest BCUT2D eigenvalue weighted by Crippen LogP contribution is 2.22. The van der Waals surface area contributed by atoms with Crippen molar-refractivity contribution in [2.24, 2.45) is 7.05 Å². The van der Waals surface area contributed by atoms with Crippen molar-refractivity contribution in [3.63, 3.8) is 0 Å². The van der Waals surface area contributed by atoms with E-state index >= 15 is 0 Å². The van der Waals surface area contributed by atoms with Crippen LogP contribution in [0.3, 0.4) is 0 Å². The first-order valence-electron chi connectivity index (χ1n) is 8.49. The number of carbonyl (C=O) groups excluding carboxylic acids is 2. The van der Waals surface area contributed by atoms with Crippen molar-refractivity contribution in [1.29, 1.82) is 0 Å². The average molecular weight is 359 g/mol. The highest BCUT2D eigenvalue weighted by atomic mass is 19.1. The number of hydrogen-bond donors (Lipinski definition) is 0. The van der Waals surface area contributed by atoms with Gasteiger partial charge in [-0.25, -0.2) is 4.39 Å². The molecule has 1 aliphatic rings. The molecule has 0 atom stereocenters.